The van der Waals surface area contributed by atoms with Gasteiger partial charge in [0.25, 0.3) is 6.71 Å². The van der Waals surface area contributed by atoms with Crippen molar-refractivity contribution in [1.29, 1.82) is 0 Å². The third-order valence-electron chi connectivity index (χ3n) is 19.3. The summed E-state index contributed by atoms with van der Waals surface area (Å²) in [6, 6.07) is 62.0. The molecule has 4 aliphatic rings. The number of benzene rings is 8. The number of hydrogen-bond acceptors (Lipinski definition) is 3. The zero-order valence-electron chi connectivity index (χ0n) is 51.6. The van der Waals surface area contributed by atoms with Crippen LogP contribution in [0.4, 0.5) is 51.2 Å². The van der Waals surface area contributed by atoms with Crippen LogP contribution in [0.25, 0.3) is 11.1 Å². The Kier molecular flexibility index (Phi) is 12.2. The van der Waals surface area contributed by atoms with Crippen molar-refractivity contribution < 1.29 is 0 Å². The van der Waals surface area contributed by atoms with Crippen LogP contribution in [0.15, 0.2) is 158 Å². The van der Waals surface area contributed by atoms with Crippen LogP contribution in [0.5, 0.6) is 0 Å². The van der Waals surface area contributed by atoms with Gasteiger partial charge in [-0.1, -0.05) is 203 Å². The Balaban J connectivity index is 1.21. The van der Waals surface area contributed by atoms with E-state index in [9.17, 15) is 0 Å². The molecule has 0 radical (unpaired) electrons. The highest BCUT2D eigenvalue weighted by Crippen LogP contribution is 2.56. The molecule has 0 fully saturated rings. The van der Waals surface area contributed by atoms with E-state index in [-0.39, 0.29) is 44.6 Å². The summed E-state index contributed by atoms with van der Waals surface area (Å²) < 4.78 is 0. The van der Waals surface area contributed by atoms with Gasteiger partial charge in [-0.3, -0.25) is 0 Å². The van der Waals surface area contributed by atoms with Gasteiger partial charge in [0.1, 0.15) is 0 Å². The summed E-state index contributed by atoms with van der Waals surface area (Å²) in [5.74, 6) is 0. The lowest BCUT2D eigenvalue weighted by atomic mass is 9.33. The molecule has 0 aromatic heterocycles. The molecule has 2 heterocycles. The van der Waals surface area contributed by atoms with E-state index in [4.69, 9.17) is 0 Å². The van der Waals surface area contributed by atoms with E-state index in [1.165, 1.54) is 119 Å². The first kappa shape index (κ1) is 53.8. The molecule has 0 spiro atoms. The third kappa shape index (κ3) is 8.76. The predicted octanol–water partition coefficient (Wildman–Crippen LogP) is 19.4. The topological polar surface area (TPSA) is 9.72 Å². The first-order chi connectivity index (χ1) is 37.4. The first-order valence-electron chi connectivity index (χ1n) is 29.9. The Hall–Kier alpha value is -6.78. The Morgan fingerprint density at radius 3 is 1.45 bits per heavy atom. The third-order valence-corrected chi connectivity index (χ3v) is 19.3. The molecule has 0 saturated heterocycles. The van der Waals surface area contributed by atoms with Gasteiger partial charge in [-0.15, -0.1) is 0 Å². The summed E-state index contributed by atoms with van der Waals surface area (Å²) >= 11 is 0. The summed E-state index contributed by atoms with van der Waals surface area (Å²) in [6.07, 6.45) is 3.45. The SMILES string of the molecule is Cc1cc(C(C)(C)C)ccc1N1c2cc(N(c3ccccc3)c3ccccc3)ccc2B2c3cc4c(cc3N(c3ccc(C(C)(C)C)cc3-c3ccc5c(c3)C(C)(C)CCC5(C)C)c3cc(C(C)(C)C)cc1c32)C(C)(C)CC4(C)C. The summed E-state index contributed by atoms with van der Waals surface area (Å²) in [7, 11) is 0. The summed E-state index contributed by atoms with van der Waals surface area (Å²) in [5, 5.41) is 0. The molecule has 0 amide bonds. The average Bonchev–Trinajstić information content (AvgIpc) is 3.79. The van der Waals surface area contributed by atoms with Gasteiger partial charge < -0.3 is 14.7 Å². The first-order valence-corrected chi connectivity index (χ1v) is 29.9. The van der Waals surface area contributed by atoms with Crippen molar-refractivity contribution in [2.75, 3.05) is 14.7 Å². The maximum Gasteiger partial charge on any atom is 0.252 e. The highest BCUT2D eigenvalue weighted by Gasteiger charge is 2.49. The van der Waals surface area contributed by atoms with E-state index < -0.39 is 0 Å². The Morgan fingerprint density at radius 1 is 0.388 bits per heavy atom. The van der Waals surface area contributed by atoms with Gasteiger partial charge in [0.15, 0.2) is 0 Å². The van der Waals surface area contributed by atoms with Gasteiger partial charge in [-0.2, -0.15) is 0 Å². The summed E-state index contributed by atoms with van der Waals surface area (Å²) in [6.45, 7) is 43.4. The zero-order chi connectivity index (χ0) is 57.0. The van der Waals surface area contributed by atoms with E-state index in [1.54, 1.807) is 0 Å². The molecule has 2 aliphatic carbocycles. The van der Waals surface area contributed by atoms with Gasteiger partial charge in [-0.25, -0.2) is 0 Å². The van der Waals surface area contributed by atoms with Crippen molar-refractivity contribution in [1.82, 2.24) is 0 Å². The lowest BCUT2D eigenvalue weighted by Crippen LogP contribution is -2.61. The molecule has 0 saturated carbocycles. The lowest BCUT2D eigenvalue weighted by Gasteiger charge is -2.46. The van der Waals surface area contributed by atoms with E-state index in [1.807, 2.05) is 0 Å². The van der Waals surface area contributed by atoms with Crippen LogP contribution in [0, 0.1) is 6.92 Å². The standard InChI is InChI=1S/C76H86BN3/c1-48-39-50(70(2,3)4)30-35-63(48)79-65-44-55(78(53-25-21-19-22-26-53)54-27-23-20-24-28-54)32-34-61(65)77-62-45-59-60(76(17,18)47-75(59,15)16)46-66(62)80(68-43-52(72(8,9)10)42-67(79)69(68)77)64-36-31-51(71(5,6)7)41-56(64)49-29-33-57-58(40-49)74(13,14)38-37-73(57,11)12/h19-36,39-46H,37-38,47H2,1-18H3. The highest BCUT2D eigenvalue weighted by molar-refractivity contribution is 7.00. The monoisotopic (exact) mass is 1050 g/mol. The maximum atomic E-state index is 2.75. The van der Waals surface area contributed by atoms with E-state index in [0.717, 1.165) is 23.5 Å². The van der Waals surface area contributed by atoms with Gasteiger partial charge in [0.2, 0.25) is 0 Å². The van der Waals surface area contributed by atoms with Crippen molar-refractivity contribution in [3.8, 4) is 11.1 Å². The Labute approximate surface area is 481 Å². The van der Waals surface area contributed by atoms with Crippen LogP contribution in [0.2, 0.25) is 0 Å². The molecule has 12 rings (SSSR count). The summed E-state index contributed by atoms with van der Waals surface area (Å²) in [4.78, 5) is 7.84. The number of hydrogen-bond donors (Lipinski definition) is 0. The smallest absolute Gasteiger partial charge is 0.252 e. The van der Waals surface area contributed by atoms with Gasteiger partial charge >= 0.3 is 0 Å². The van der Waals surface area contributed by atoms with Crippen LogP contribution >= 0.6 is 0 Å². The van der Waals surface area contributed by atoms with Gasteiger partial charge in [-0.05, 0) is 203 Å². The normalized spacial score (nSPS) is 17.3. The quantitative estimate of drug-likeness (QED) is 0.154. The van der Waals surface area contributed by atoms with Gasteiger partial charge in [0.05, 0.1) is 5.69 Å². The van der Waals surface area contributed by atoms with E-state index in [0.29, 0.717) is 0 Å². The second-order valence-corrected chi connectivity index (χ2v) is 30.2. The minimum atomic E-state index is -0.178. The van der Waals surface area contributed by atoms with Crippen LogP contribution in [-0.2, 0) is 37.9 Å². The number of aryl methyl sites for hydroxylation is 1. The van der Waals surface area contributed by atoms with Gasteiger partial charge in [0, 0.05) is 51.1 Å². The Morgan fingerprint density at radius 2 is 0.887 bits per heavy atom. The van der Waals surface area contributed by atoms with Crippen molar-refractivity contribution in [3.63, 3.8) is 0 Å². The average molecular weight is 1050 g/mol. The molecule has 0 unspecified atom stereocenters. The van der Waals surface area contributed by atoms with Crippen LogP contribution in [0.1, 0.15) is 181 Å². The number of anilines is 9. The van der Waals surface area contributed by atoms with Crippen molar-refractivity contribution in [2.24, 2.45) is 0 Å². The minimum Gasteiger partial charge on any atom is -0.311 e. The highest BCUT2D eigenvalue weighted by atomic mass is 15.2. The molecule has 8 aromatic rings. The fraction of sp³-hybridized carbons (Fsp3) is 0.368. The summed E-state index contributed by atoms with van der Waals surface area (Å²) in [5.41, 5.74) is 28.6. The number of fused-ring (bicyclic) bond motifs is 6. The number of rotatable bonds is 6. The zero-order valence-corrected chi connectivity index (χ0v) is 51.6. The van der Waals surface area contributed by atoms with E-state index in [2.05, 4.69) is 297 Å². The fourth-order valence-corrected chi connectivity index (χ4v) is 14.7. The molecule has 0 bridgehead atoms. The van der Waals surface area contributed by atoms with Crippen molar-refractivity contribution in [2.45, 2.75) is 182 Å². The molecular weight excluding hydrogens is 966 g/mol. The van der Waals surface area contributed by atoms with Crippen LogP contribution < -0.4 is 31.1 Å². The molecule has 3 nitrogen and oxygen atoms in total. The maximum absolute atomic E-state index is 2.75. The molecule has 80 heavy (non-hydrogen) atoms. The predicted molar refractivity (Wildman–Crippen MR) is 347 cm³/mol. The largest absolute Gasteiger partial charge is 0.311 e. The van der Waals surface area contributed by atoms with Crippen molar-refractivity contribution >= 4 is 74.3 Å². The minimum absolute atomic E-state index is 0.00435. The molecule has 0 atom stereocenters. The number of para-hydroxylation sites is 2. The van der Waals surface area contributed by atoms with Crippen LogP contribution in [-0.4, -0.2) is 6.71 Å². The molecule has 0 N–H and O–H groups in total. The molecule has 2 aliphatic heterocycles. The molecule has 4 heteroatoms. The lowest BCUT2D eigenvalue weighted by molar-refractivity contribution is 0.332. The van der Waals surface area contributed by atoms with E-state index >= 15 is 0 Å². The molecular formula is C76H86BN3. The fourth-order valence-electron chi connectivity index (χ4n) is 14.7. The van der Waals surface area contributed by atoms with Crippen LogP contribution in [0.3, 0.4) is 0 Å². The second kappa shape index (κ2) is 18.1. The molecule has 408 valence electrons. The second-order valence-electron chi connectivity index (χ2n) is 30.2. The Bertz CT molecular complexity index is 3740. The number of nitrogens with zero attached hydrogens (tertiary/aromatic N) is 3. The van der Waals surface area contributed by atoms with Crippen molar-refractivity contribution in [3.05, 3.63) is 202 Å². The molecule has 8 aromatic carbocycles.